The van der Waals surface area contributed by atoms with Gasteiger partial charge in [0.25, 0.3) is 0 Å². The Hall–Kier alpha value is -0.980. The number of hydrogen-bond donors (Lipinski definition) is 1. The first-order valence-electron chi connectivity index (χ1n) is 7.13. The molecule has 1 aliphatic heterocycles. The summed E-state index contributed by atoms with van der Waals surface area (Å²) in [7, 11) is 0. The van der Waals surface area contributed by atoms with Crippen LogP contribution in [0, 0.1) is 0 Å². The number of aryl methyl sites for hydroxylation is 2. The highest BCUT2D eigenvalue weighted by Gasteiger charge is 2.17. The first kappa shape index (κ1) is 14.4. The van der Waals surface area contributed by atoms with Crippen LogP contribution in [-0.4, -0.2) is 63.7 Å². The summed E-state index contributed by atoms with van der Waals surface area (Å²) in [4.78, 5) is 6.69. The molecule has 1 aromatic heterocycles. The van der Waals surface area contributed by atoms with Gasteiger partial charge in [0.05, 0.1) is 25.9 Å². The highest BCUT2D eigenvalue weighted by Crippen LogP contribution is 2.05. The summed E-state index contributed by atoms with van der Waals surface area (Å²) in [6.45, 7) is 8.62. The van der Waals surface area contributed by atoms with Gasteiger partial charge in [-0.3, -0.25) is 4.90 Å². The second-order valence-corrected chi connectivity index (χ2v) is 4.90. The number of ether oxygens (including phenoxy) is 1. The van der Waals surface area contributed by atoms with Crippen LogP contribution in [0.3, 0.4) is 0 Å². The summed E-state index contributed by atoms with van der Waals surface area (Å²) in [5.74, 6) is 1.81. The predicted molar refractivity (Wildman–Crippen MR) is 72.0 cm³/mol. The Balaban J connectivity index is 1.90. The van der Waals surface area contributed by atoms with Crippen molar-refractivity contribution >= 4 is 0 Å². The van der Waals surface area contributed by atoms with Crippen LogP contribution in [0.4, 0.5) is 0 Å². The SMILES string of the molecule is CCc1nc(CC)n(CC(O)CN2CCOCC2)n1. The summed E-state index contributed by atoms with van der Waals surface area (Å²) < 4.78 is 7.15. The normalized spacial score (nSPS) is 18.7. The Morgan fingerprint density at radius 1 is 1.21 bits per heavy atom. The lowest BCUT2D eigenvalue weighted by Crippen LogP contribution is -2.42. The quantitative estimate of drug-likeness (QED) is 0.792. The Bertz CT molecular complexity index is 388. The van der Waals surface area contributed by atoms with Crippen LogP contribution < -0.4 is 0 Å². The smallest absolute Gasteiger partial charge is 0.150 e. The molecule has 1 fully saturated rings. The van der Waals surface area contributed by atoms with Gasteiger partial charge in [-0.15, -0.1) is 0 Å². The van der Waals surface area contributed by atoms with Crippen molar-refractivity contribution in [2.24, 2.45) is 0 Å². The molecule has 1 unspecified atom stereocenters. The van der Waals surface area contributed by atoms with Crippen LogP contribution in [0.2, 0.25) is 0 Å². The summed E-state index contributed by atoms with van der Waals surface area (Å²) in [6.07, 6.45) is 1.27. The maximum atomic E-state index is 10.2. The Morgan fingerprint density at radius 3 is 2.58 bits per heavy atom. The van der Waals surface area contributed by atoms with Crippen molar-refractivity contribution in [2.75, 3.05) is 32.8 Å². The van der Waals surface area contributed by atoms with Crippen molar-refractivity contribution in [1.82, 2.24) is 19.7 Å². The highest BCUT2D eigenvalue weighted by atomic mass is 16.5. The Kier molecular flexibility index (Phi) is 5.30. The van der Waals surface area contributed by atoms with Gasteiger partial charge >= 0.3 is 0 Å². The Labute approximate surface area is 114 Å². The van der Waals surface area contributed by atoms with E-state index in [1.54, 1.807) is 0 Å². The maximum Gasteiger partial charge on any atom is 0.150 e. The predicted octanol–water partition coefficient (Wildman–Crippen LogP) is 0.0960. The topological polar surface area (TPSA) is 63.4 Å². The monoisotopic (exact) mass is 268 g/mol. The summed E-state index contributed by atoms with van der Waals surface area (Å²) in [6, 6.07) is 0. The molecule has 2 heterocycles. The molecule has 1 aliphatic rings. The fourth-order valence-electron chi connectivity index (χ4n) is 2.32. The minimum atomic E-state index is -0.408. The molecule has 1 aromatic rings. The van der Waals surface area contributed by atoms with E-state index in [9.17, 15) is 5.11 Å². The van der Waals surface area contributed by atoms with E-state index < -0.39 is 6.10 Å². The van der Waals surface area contributed by atoms with Crippen LogP contribution in [0.5, 0.6) is 0 Å². The molecule has 19 heavy (non-hydrogen) atoms. The molecule has 1 saturated heterocycles. The molecule has 0 radical (unpaired) electrons. The molecule has 2 rings (SSSR count). The van der Waals surface area contributed by atoms with Gasteiger partial charge in [0.2, 0.25) is 0 Å². The first-order chi connectivity index (χ1) is 9.22. The number of nitrogens with zero attached hydrogens (tertiary/aromatic N) is 4. The van der Waals surface area contributed by atoms with Gasteiger partial charge in [-0.2, -0.15) is 5.10 Å². The zero-order valence-corrected chi connectivity index (χ0v) is 11.9. The summed E-state index contributed by atoms with van der Waals surface area (Å²) in [5.41, 5.74) is 0. The van der Waals surface area contributed by atoms with Gasteiger partial charge in [0.15, 0.2) is 5.82 Å². The van der Waals surface area contributed by atoms with E-state index in [0.29, 0.717) is 13.1 Å². The zero-order valence-electron chi connectivity index (χ0n) is 11.9. The average Bonchev–Trinajstić information content (AvgIpc) is 2.82. The van der Waals surface area contributed by atoms with Gasteiger partial charge < -0.3 is 9.84 Å². The lowest BCUT2D eigenvalue weighted by Gasteiger charge is -2.28. The molecule has 0 amide bonds. The molecule has 0 spiro atoms. The number of rotatable bonds is 6. The first-order valence-corrected chi connectivity index (χ1v) is 7.13. The molecule has 0 bridgehead atoms. The standard InChI is InChI=1S/C13H24N4O2/c1-3-12-14-13(4-2)17(15-12)10-11(18)9-16-5-7-19-8-6-16/h11,18H,3-10H2,1-2H3. The molecule has 6 nitrogen and oxygen atoms in total. The summed E-state index contributed by atoms with van der Waals surface area (Å²) in [5, 5.41) is 14.6. The van der Waals surface area contributed by atoms with Crippen molar-refractivity contribution in [2.45, 2.75) is 39.3 Å². The van der Waals surface area contributed by atoms with Gasteiger partial charge in [-0.1, -0.05) is 13.8 Å². The molecule has 1 atom stereocenters. The number of hydrogen-bond acceptors (Lipinski definition) is 5. The van der Waals surface area contributed by atoms with Crippen LogP contribution >= 0.6 is 0 Å². The second kappa shape index (κ2) is 6.98. The maximum absolute atomic E-state index is 10.2. The van der Waals surface area contributed by atoms with E-state index in [0.717, 1.165) is 50.8 Å². The third kappa shape index (κ3) is 3.99. The van der Waals surface area contributed by atoms with Crippen LogP contribution in [0.25, 0.3) is 0 Å². The number of β-amino-alcohol motifs (C(OH)–C–C–N with tert-alkyl or cyclic N) is 1. The lowest BCUT2D eigenvalue weighted by molar-refractivity contribution is 0.0106. The fourth-order valence-corrected chi connectivity index (χ4v) is 2.32. The third-order valence-electron chi connectivity index (χ3n) is 3.38. The van der Waals surface area contributed by atoms with Crippen molar-refractivity contribution in [1.29, 1.82) is 0 Å². The summed E-state index contributed by atoms with van der Waals surface area (Å²) >= 11 is 0. The Morgan fingerprint density at radius 2 is 1.95 bits per heavy atom. The molecular formula is C13H24N4O2. The number of aliphatic hydroxyl groups excluding tert-OH is 1. The molecular weight excluding hydrogens is 244 g/mol. The van der Waals surface area contributed by atoms with Crippen LogP contribution in [0.1, 0.15) is 25.5 Å². The van der Waals surface area contributed by atoms with Crippen LogP contribution in [-0.2, 0) is 24.1 Å². The fraction of sp³-hybridized carbons (Fsp3) is 0.846. The zero-order chi connectivity index (χ0) is 13.7. The lowest BCUT2D eigenvalue weighted by atomic mass is 10.3. The molecule has 6 heteroatoms. The second-order valence-electron chi connectivity index (χ2n) is 4.90. The van der Waals surface area contributed by atoms with Gasteiger partial charge in [-0.05, 0) is 0 Å². The number of aromatic nitrogens is 3. The number of aliphatic hydroxyl groups is 1. The van der Waals surface area contributed by atoms with E-state index in [1.807, 2.05) is 11.6 Å². The average molecular weight is 268 g/mol. The number of morpholine rings is 1. The highest BCUT2D eigenvalue weighted by molar-refractivity contribution is 4.93. The van der Waals surface area contributed by atoms with E-state index in [1.165, 1.54) is 0 Å². The van der Waals surface area contributed by atoms with E-state index >= 15 is 0 Å². The minimum Gasteiger partial charge on any atom is -0.390 e. The van der Waals surface area contributed by atoms with Crippen molar-refractivity contribution in [3.8, 4) is 0 Å². The molecule has 1 N–H and O–H groups in total. The van der Waals surface area contributed by atoms with E-state index in [-0.39, 0.29) is 0 Å². The van der Waals surface area contributed by atoms with Gasteiger partial charge in [0, 0.05) is 32.5 Å². The van der Waals surface area contributed by atoms with Crippen molar-refractivity contribution in [3.63, 3.8) is 0 Å². The molecule has 108 valence electrons. The molecule has 0 aromatic carbocycles. The molecule has 0 saturated carbocycles. The minimum absolute atomic E-state index is 0.408. The van der Waals surface area contributed by atoms with Gasteiger partial charge in [-0.25, -0.2) is 9.67 Å². The van der Waals surface area contributed by atoms with E-state index in [2.05, 4.69) is 21.9 Å². The molecule has 0 aliphatic carbocycles. The van der Waals surface area contributed by atoms with E-state index in [4.69, 9.17) is 4.74 Å². The van der Waals surface area contributed by atoms with Crippen LogP contribution in [0.15, 0.2) is 0 Å². The third-order valence-corrected chi connectivity index (χ3v) is 3.38. The van der Waals surface area contributed by atoms with Crippen molar-refractivity contribution in [3.05, 3.63) is 11.6 Å². The van der Waals surface area contributed by atoms with Gasteiger partial charge in [0.1, 0.15) is 5.82 Å². The van der Waals surface area contributed by atoms with Crippen molar-refractivity contribution < 1.29 is 9.84 Å². The largest absolute Gasteiger partial charge is 0.390 e.